The van der Waals surface area contributed by atoms with Crippen LogP contribution in [0.4, 0.5) is 0 Å². The number of tetrazole rings is 1. The van der Waals surface area contributed by atoms with Crippen molar-refractivity contribution in [2.24, 2.45) is 0 Å². The van der Waals surface area contributed by atoms with E-state index in [0.29, 0.717) is 11.9 Å². The standard InChI is InChI=1S/C9H15ClN4S/c1-2-15-8-4-3-7(5-8)14-9(6-10)11-12-13-14/h7-8H,2-6H2,1H3. The highest BCUT2D eigenvalue weighted by atomic mass is 35.5. The molecule has 1 fully saturated rings. The van der Waals surface area contributed by atoms with Crippen molar-refractivity contribution in [3.63, 3.8) is 0 Å². The van der Waals surface area contributed by atoms with Gasteiger partial charge in [0.1, 0.15) is 0 Å². The van der Waals surface area contributed by atoms with Crippen molar-refractivity contribution >= 4 is 23.4 Å². The fourth-order valence-electron chi connectivity index (χ4n) is 2.11. The number of alkyl halides is 1. The van der Waals surface area contributed by atoms with Gasteiger partial charge in [0.2, 0.25) is 0 Å². The molecule has 0 saturated heterocycles. The number of aromatic nitrogens is 4. The summed E-state index contributed by atoms with van der Waals surface area (Å²) in [6.07, 6.45) is 3.62. The zero-order valence-electron chi connectivity index (χ0n) is 8.77. The molecule has 0 aliphatic heterocycles. The summed E-state index contributed by atoms with van der Waals surface area (Å²) in [6, 6.07) is 0.456. The molecule has 1 heterocycles. The molecule has 0 amide bonds. The summed E-state index contributed by atoms with van der Waals surface area (Å²) in [5.41, 5.74) is 0. The van der Waals surface area contributed by atoms with Crippen LogP contribution in [0.15, 0.2) is 0 Å². The van der Waals surface area contributed by atoms with Gasteiger partial charge in [0.25, 0.3) is 0 Å². The molecule has 2 atom stereocenters. The third-order valence-corrected chi connectivity index (χ3v) is 4.26. The first kappa shape index (κ1) is 11.2. The van der Waals surface area contributed by atoms with E-state index in [-0.39, 0.29) is 0 Å². The SMILES string of the molecule is CCSC1CCC(n2nnnc2CCl)C1. The van der Waals surface area contributed by atoms with Crippen LogP contribution in [0.3, 0.4) is 0 Å². The van der Waals surface area contributed by atoms with Crippen LogP contribution in [0.5, 0.6) is 0 Å². The average Bonchev–Trinajstić information content (AvgIpc) is 2.84. The monoisotopic (exact) mass is 246 g/mol. The second-order valence-electron chi connectivity index (χ2n) is 3.72. The van der Waals surface area contributed by atoms with Crippen LogP contribution in [0.1, 0.15) is 38.1 Å². The number of rotatable bonds is 4. The smallest absolute Gasteiger partial charge is 0.166 e. The summed E-state index contributed by atoms with van der Waals surface area (Å²) in [4.78, 5) is 0. The highest BCUT2D eigenvalue weighted by Gasteiger charge is 2.28. The molecule has 15 heavy (non-hydrogen) atoms. The molecule has 1 saturated carbocycles. The Balaban J connectivity index is 2.01. The van der Waals surface area contributed by atoms with E-state index < -0.39 is 0 Å². The summed E-state index contributed by atoms with van der Waals surface area (Å²) in [5, 5.41) is 12.4. The molecule has 1 aromatic heterocycles. The van der Waals surface area contributed by atoms with Gasteiger partial charge in [-0.05, 0) is 35.4 Å². The molecule has 4 nitrogen and oxygen atoms in total. The summed E-state index contributed by atoms with van der Waals surface area (Å²) in [7, 11) is 0. The average molecular weight is 247 g/mol. The molecule has 1 aliphatic rings. The van der Waals surface area contributed by atoms with Gasteiger partial charge in [0.05, 0.1) is 11.9 Å². The molecule has 0 radical (unpaired) electrons. The molecule has 0 spiro atoms. The molecule has 0 bridgehead atoms. The predicted octanol–water partition coefficient (Wildman–Crippen LogP) is 2.26. The van der Waals surface area contributed by atoms with Gasteiger partial charge in [-0.15, -0.1) is 16.7 Å². The zero-order chi connectivity index (χ0) is 10.7. The summed E-state index contributed by atoms with van der Waals surface area (Å²) < 4.78 is 1.91. The Bertz CT molecular complexity index is 317. The predicted molar refractivity (Wildman–Crippen MR) is 62.2 cm³/mol. The van der Waals surface area contributed by atoms with E-state index in [1.54, 1.807) is 0 Å². The zero-order valence-corrected chi connectivity index (χ0v) is 10.3. The second kappa shape index (κ2) is 5.16. The first-order chi connectivity index (χ1) is 7.35. The largest absolute Gasteiger partial charge is 0.225 e. The first-order valence-corrected chi connectivity index (χ1v) is 6.87. The van der Waals surface area contributed by atoms with Crippen LogP contribution in [0.2, 0.25) is 0 Å². The Morgan fingerprint density at radius 1 is 1.53 bits per heavy atom. The maximum absolute atomic E-state index is 5.78. The van der Waals surface area contributed by atoms with E-state index in [0.717, 1.165) is 11.1 Å². The van der Waals surface area contributed by atoms with Gasteiger partial charge in [-0.2, -0.15) is 11.8 Å². The maximum atomic E-state index is 5.78. The molecule has 0 aromatic carbocycles. The van der Waals surface area contributed by atoms with Crippen molar-refractivity contribution in [1.82, 2.24) is 20.2 Å². The normalized spacial score (nSPS) is 26.0. The van der Waals surface area contributed by atoms with Crippen LogP contribution in [-0.2, 0) is 5.88 Å². The third kappa shape index (κ3) is 2.45. The second-order valence-corrected chi connectivity index (χ2v) is 5.56. The van der Waals surface area contributed by atoms with Gasteiger partial charge < -0.3 is 0 Å². The number of nitrogens with zero attached hydrogens (tertiary/aromatic N) is 4. The van der Waals surface area contributed by atoms with Gasteiger partial charge in [0.15, 0.2) is 5.82 Å². The van der Waals surface area contributed by atoms with Crippen molar-refractivity contribution in [1.29, 1.82) is 0 Å². The summed E-state index contributed by atoms with van der Waals surface area (Å²) in [6.45, 7) is 2.21. The molecule has 84 valence electrons. The van der Waals surface area contributed by atoms with Crippen molar-refractivity contribution in [2.75, 3.05) is 5.75 Å². The lowest BCUT2D eigenvalue weighted by atomic mass is 10.2. The number of halogens is 1. The Hall–Kier alpha value is -0.290. The molecule has 1 aliphatic carbocycles. The lowest BCUT2D eigenvalue weighted by Gasteiger charge is -2.11. The van der Waals surface area contributed by atoms with Gasteiger partial charge in [0, 0.05) is 5.25 Å². The molecular formula is C9H15ClN4S. The summed E-state index contributed by atoms with van der Waals surface area (Å²) in [5.74, 6) is 2.38. The van der Waals surface area contributed by atoms with Gasteiger partial charge >= 0.3 is 0 Å². The van der Waals surface area contributed by atoms with Crippen molar-refractivity contribution < 1.29 is 0 Å². The van der Waals surface area contributed by atoms with Crippen LogP contribution in [-0.4, -0.2) is 31.2 Å². The maximum Gasteiger partial charge on any atom is 0.166 e. The first-order valence-electron chi connectivity index (χ1n) is 5.29. The summed E-state index contributed by atoms with van der Waals surface area (Å²) >= 11 is 7.82. The van der Waals surface area contributed by atoms with Crippen LogP contribution < -0.4 is 0 Å². The fraction of sp³-hybridized carbons (Fsp3) is 0.889. The van der Waals surface area contributed by atoms with Gasteiger partial charge in [-0.3, -0.25) is 0 Å². The third-order valence-electron chi connectivity index (χ3n) is 2.79. The highest BCUT2D eigenvalue weighted by molar-refractivity contribution is 7.99. The van der Waals surface area contributed by atoms with Crippen LogP contribution in [0, 0.1) is 0 Å². The molecule has 1 aromatic rings. The minimum absolute atomic E-state index is 0.398. The van der Waals surface area contributed by atoms with E-state index in [1.165, 1.54) is 25.0 Å². The Morgan fingerprint density at radius 2 is 2.40 bits per heavy atom. The topological polar surface area (TPSA) is 43.6 Å². The van der Waals surface area contributed by atoms with E-state index in [2.05, 4.69) is 22.4 Å². The Morgan fingerprint density at radius 3 is 3.13 bits per heavy atom. The molecule has 2 unspecified atom stereocenters. The van der Waals surface area contributed by atoms with E-state index in [4.69, 9.17) is 11.6 Å². The molecular weight excluding hydrogens is 232 g/mol. The highest BCUT2D eigenvalue weighted by Crippen LogP contribution is 2.36. The lowest BCUT2D eigenvalue weighted by molar-refractivity contribution is 0.444. The number of hydrogen-bond donors (Lipinski definition) is 0. The van der Waals surface area contributed by atoms with Gasteiger partial charge in [-0.25, -0.2) is 4.68 Å². The van der Waals surface area contributed by atoms with Gasteiger partial charge in [-0.1, -0.05) is 6.92 Å². The minimum Gasteiger partial charge on any atom is -0.225 e. The van der Waals surface area contributed by atoms with E-state index >= 15 is 0 Å². The van der Waals surface area contributed by atoms with Crippen molar-refractivity contribution in [3.05, 3.63) is 5.82 Å². The number of hydrogen-bond acceptors (Lipinski definition) is 4. The quantitative estimate of drug-likeness (QED) is 0.765. The Labute approximate surface area is 98.8 Å². The fourth-order valence-corrected chi connectivity index (χ4v) is 3.42. The lowest BCUT2D eigenvalue weighted by Crippen LogP contribution is -2.11. The van der Waals surface area contributed by atoms with E-state index in [1.807, 2.05) is 16.4 Å². The minimum atomic E-state index is 0.398. The van der Waals surface area contributed by atoms with Crippen LogP contribution in [0.25, 0.3) is 0 Å². The molecule has 0 N–H and O–H groups in total. The van der Waals surface area contributed by atoms with E-state index in [9.17, 15) is 0 Å². The van der Waals surface area contributed by atoms with Crippen LogP contribution >= 0.6 is 23.4 Å². The Kier molecular flexibility index (Phi) is 3.86. The van der Waals surface area contributed by atoms with Crippen molar-refractivity contribution in [2.45, 2.75) is 43.4 Å². The molecule has 2 rings (SSSR count). The number of thioether (sulfide) groups is 1. The van der Waals surface area contributed by atoms with Crippen molar-refractivity contribution in [3.8, 4) is 0 Å². The molecule has 6 heteroatoms.